The third-order valence-corrected chi connectivity index (χ3v) is 3.09. The predicted molar refractivity (Wildman–Crippen MR) is 77.9 cm³/mol. The van der Waals surface area contributed by atoms with E-state index in [2.05, 4.69) is 22.2 Å². The summed E-state index contributed by atoms with van der Waals surface area (Å²) < 4.78 is 0. The number of hydrogen-bond acceptors (Lipinski definition) is 3. The molecule has 3 heteroatoms. The van der Waals surface area contributed by atoms with E-state index in [-0.39, 0.29) is 0 Å². The number of aryl methyl sites for hydroxylation is 1. The summed E-state index contributed by atoms with van der Waals surface area (Å²) in [6.45, 7) is 5.25. The molecule has 3 nitrogen and oxygen atoms in total. The van der Waals surface area contributed by atoms with Gasteiger partial charge in [-0.2, -0.15) is 0 Å². The standard InChI is InChI=1S/C15H27N3/c1-3-4-5-6-7-8-9-10-11-16-15-17-12-14(2)13-18-15/h12-13H,3-11H2,1-2H3,(H,16,17,18). The Morgan fingerprint density at radius 1 is 0.889 bits per heavy atom. The van der Waals surface area contributed by atoms with Crippen molar-refractivity contribution in [3.8, 4) is 0 Å². The Hall–Kier alpha value is -1.12. The summed E-state index contributed by atoms with van der Waals surface area (Å²) in [6.07, 6.45) is 14.5. The molecular formula is C15H27N3. The maximum atomic E-state index is 4.22. The Kier molecular flexibility index (Phi) is 8.19. The molecule has 0 radical (unpaired) electrons. The first-order valence-corrected chi connectivity index (χ1v) is 7.35. The average Bonchev–Trinajstić information content (AvgIpc) is 2.39. The van der Waals surface area contributed by atoms with E-state index in [0.717, 1.165) is 18.1 Å². The van der Waals surface area contributed by atoms with Crippen LogP contribution in [0.3, 0.4) is 0 Å². The summed E-state index contributed by atoms with van der Waals surface area (Å²) in [5.41, 5.74) is 1.10. The molecule has 0 saturated heterocycles. The molecule has 0 aliphatic carbocycles. The Labute approximate surface area is 111 Å². The van der Waals surface area contributed by atoms with E-state index >= 15 is 0 Å². The lowest BCUT2D eigenvalue weighted by Crippen LogP contribution is -2.05. The van der Waals surface area contributed by atoms with Crippen LogP contribution in [0, 0.1) is 6.92 Å². The molecule has 1 aromatic heterocycles. The van der Waals surface area contributed by atoms with Gasteiger partial charge in [0.05, 0.1) is 0 Å². The summed E-state index contributed by atoms with van der Waals surface area (Å²) in [6, 6.07) is 0. The fourth-order valence-corrected chi connectivity index (χ4v) is 1.94. The van der Waals surface area contributed by atoms with Crippen molar-refractivity contribution >= 4 is 5.95 Å². The maximum Gasteiger partial charge on any atom is 0.222 e. The minimum absolute atomic E-state index is 0.753. The second-order valence-electron chi connectivity index (χ2n) is 4.99. The van der Waals surface area contributed by atoms with Crippen molar-refractivity contribution in [3.05, 3.63) is 18.0 Å². The highest BCUT2D eigenvalue weighted by atomic mass is 15.1. The van der Waals surface area contributed by atoms with Gasteiger partial charge in [0.2, 0.25) is 5.95 Å². The third-order valence-electron chi connectivity index (χ3n) is 3.09. The van der Waals surface area contributed by atoms with Gasteiger partial charge in [-0.15, -0.1) is 0 Å². The number of unbranched alkanes of at least 4 members (excludes halogenated alkanes) is 7. The number of aromatic nitrogens is 2. The summed E-state index contributed by atoms with van der Waals surface area (Å²) in [7, 11) is 0. The SMILES string of the molecule is CCCCCCCCCCNc1ncc(C)cn1. The Morgan fingerprint density at radius 3 is 2.06 bits per heavy atom. The smallest absolute Gasteiger partial charge is 0.222 e. The van der Waals surface area contributed by atoms with Gasteiger partial charge in [-0.25, -0.2) is 9.97 Å². The number of nitrogens with zero attached hydrogens (tertiary/aromatic N) is 2. The molecule has 0 amide bonds. The van der Waals surface area contributed by atoms with Gasteiger partial charge >= 0.3 is 0 Å². The largest absolute Gasteiger partial charge is 0.354 e. The molecule has 0 atom stereocenters. The zero-order chi connectivity index (χ0) is 13.1. The minimum atomic E-state index is 0.753. The van der Waals surface area contributed by atoms with E-state index in [1.165, 1.54) is 51.4 Å². The van der Waals surface area contributed by atoms with Crippen molar-refractivity contribution in [3.63, 3.8) is 0 Å². The molecule has 18 heavy (non-hydrogen) atoms. The van der Waals surface area contributed by atoms with Crippen molar-refractivity contribution in [2.75, 3.05) is 11.9 Å². The number of anilines is 1. The van der Waals surface area contributed by atoms with Crippen molar-refractivity contribution in [2.45, 2.75) is 65.2 Å². The summed E-state index contributed by atoms with van der Waals surface area (Å²) in [5, 5.41) is 3.26. The van der Waals surface area contributed by atoms with Crippen molar-refractivity contribution in [2.24, 2.45) is 0 Å². The van der Waals surface area contributed by atoms with Crippen molar-refractivity contribution in [1.29, 1.82) is 0 Å². The lowest BCUT2D eigenvalue weighted by atomic mass is 10.1. The van der Waals surface area contributed by atoms with E-state index in [9.17, 15) is 0 Å². The minimum Gasteiger partial charge on any atom is -0.354 e. The van der Waals surface area contributed by atoms with Crippen LogP contribution in [0.25, 0.3) is 0 Å². The van der Waals surface area contributed by atoms with Gasteiger partial charge in [-0.1, -0.05) is 51.9 Å². The van der Waals surface area contributed by atoms with Crippen LogP contribution >= 0.6 is 0 Å². The van der Waals surface area contributed by atoms with Gasteiger partial charge in [0.25, 0.3) is 0 Å². The molecule has 1 rings (SSSR count). The monoisotopic (exact) mass is 249 g/mol. The number of nitrogens with one attached hydrogen (secondary N) is 1. The van der Waals surface area contributed by atoms with Crippen LogP contribution < -0.4 is 5.32 Å². The lowest BCUT2D eigenvalue weighted by molar-refractivity contribution is 0.581. The quantitative estimate of drug-likeness (QED) is 0.627. The predicted octanol–water partition coefficient (Wildman–Crippen LogP) is 4.34. The fraction of sp³-hybridized carbons (Fsp3) is 0.733. The first kappa shape index (κ1) is 14.9. The zero-order valence-electron chi connectivity index (χ0n) is 11.9. The van der Waals surface area contributed by atoms with E-state index in [4.69, 9.17) is 0 Å². The third kappa shape index (κ3) is 7.25. The van der Waals surface area contributed by atoms with Gasteiger partial charge in [0.1, 0.15) is 0 Å². The van der Waals surface area contributed by atoms with Crippen molar-refractivity contribution in [1.82, 2.24) is 9.97 Å². The zero-order valence-corrected chi connectivity index (χ0v) is 11.9. The molecule has 1 heterocycles. The van der Waals surface area contributed by atoms with E-state index in [0.29, 0.717) is 0 Å². The summed E-state index contributed by atoms with van der Waals surface area (Å²) >= 11 is 0. The molecule has 0 unspecified atom stereocenters. The van der Waals surface area contributed by atoms with Crippen LogP contribution in [0.5, 0.6) is 0 Å². The summed E-state index contributed by atoms with van der Waals surface area (Å²) in [5.74, 6) is 0.753. The van der Waals surface area contributed by atoms with Crippen molar-refractivity contribution < 1.29 is 0 Å². The van der Waals surface area contributed by atoms with Gasteiger partial charge in [0.15, 0.2) is 0 Å². The van der Waals surface area contributed by atoms with Crippen LogP contribution in [0.1, 0.15) is 63.9 Å². The number of rotatable bonds is 10. The highest BCUT2D eigenvalue weighted by Gasteiger charge is 1.95. The molecule has 0 aliphatic rings. The normalized spacial score (nSPS) is 10.6. The van der Waals surface area contributed by atoms with Crippen LogP contribution in [-0.2, 0) is 0 Å². The molecule has 0 fully saturated rings. The van der Waals surface area contributed by atoms with E-state index in [1.807, 2.05) is 19.3 Å². The molecule has 1 N–H and O–H groups in total. The first-order chi connectivity index (χ1) is 8.83. The molecule has 0 saturated carbocycles. The van der Waals surface area contributed by atoms with Crippen LogP contribution in [-0.4, -0.2) is 16.5 Å². The highest BCUT2D eigenvalue weighted by molar-refractivity contribution is 5.23. The first-order valence-electron chi connectivity index (χ1n) is 7.35. The van der Waals surface area contributed by atoms with E-state index < -0.39 is 0 Å². The second kappa shape index (κ2) is 9.86. The lowest BCUT2D eigenvalue weighted by Gasteiger charge is -2.04. The van der Waals surface area contributed by atoms with Crippen LogP contribution in [0.15, 0.2) is 12.4 Å². The Bertz CT molecular complexity index is 295. The average molecular weight is 249 g/mol. The van der Waals surface area contributed by atoms with Gasteiger partial charge in [-0.05, 0) is 18.9 Å². The Morgan fingerprint density at radius 2 is 1.44 bits per heavy atom. The number of hydrogen-bond donors (Lipinski definition) is 1. The fourth-order valence-electron chi connectivity index (χ4n) is 1.94. The van der Waals surface area contributed by atoms with Crippen LogP contribution in [0.4, 0.5) is 5.95 Å². The maximum absolute atomic E-state index is 4.22. The molecule has 1 aromatic rings. The van der Waals surface area contributed by atoms with Gasteiger partial charge in [0, 0.05) is 18.9 Å². The summed E-state index contributed by atoms with van der Waals surface area (Å²) in [4.78, 5) is 8.45. The molecule has 0 bridgehead atoms. The second-order valence-corrected chi connectivity index (χ2v) is 4.99. The van der Waals surface area contributed by atoms with E-state index in [1.54, 1.807) is 0 Å². The Balaban J connectivity index is 1.91. The molecule has 0 aromatic carbocycles. The highest BCUT2D eigenvalue weighted by Crippen LogP contribution is 2.08. The van der Waals surface area contributed by atoms with Gasteiger partial charge in [-0.3, -0.25) is 0 Å². The molecule has 0 aliphatic heterocycles. The molecule has 102 valence electrons. The van der Waals surface area contributed by atoms with Gasteiger partial charge < -0.3 is 5.32 Å². The topological polar surface area (TPSA) is 37.8 Å². The molecular weight excluding hydrogens is 222 g/mol. The molecule has 0 spiro atoms. The van der Waals surface area contributed by atoms with Crippen LogP contribution in [0.2, 0.25) is 0 Å².